The van der Waals surface area contributed by atoms with Gasteiger partial charge in [-0.05, 0) is 30.7 Å². The number of hydrogen-bond acceptors (Lipinski definition) is 3. The highest BCUT2D eigenvalue weighted by Crippen LogP contribution is 2.15. The Bertz CT molecular complexity index is 457. The lowest BCUT2D eigenvalue weighted by molar-refractivity contribution is 0.612. The van der Waals surface area contributed by atoms with E-state index in [0.29, 0.717) is 11.4 Å². The molecule has 15 heavy (non-hydrogen) atoms. The van der Waals surface area contributed by atoms with Gasteiger partial charge in [-0.3, -0.25) is 4.98 Å². The van der Waals surface area contributed by atoms with Crippen molar-refractivity contribution < 1.29 is 4.39 Å². The van der Waals surface area contributed by atoms with Crippen LogP contribution in [0.3, 0.4) is 0 Å². The lowest BCUT2D eigenvalue weighted by Crippen LogP contribution is -1.95. The zero-order valence-electron chi connectivity index (χ0n) is 8.24. The molecule has 0 saturated heterocycles. The van der Waals surface area contributed by atoms with Gasteiger partial charge in [0.2, 0.25) is 0 Å². The van der Waals surface area contributed by atoms with Gasteiger partial charge in [-0.25, -0.2) is 9.37 Å². The van der Waals surface area contributed by atoms with E-state index >= 15 is 0 Å². The fraction of sp³-hybridized carbons (Fsp3) is 0.0909. The molecule has 0 amide bonds. The molecule has 1 N–H and O–H groups in total. The second-order valence-corrected chi connectivity index (χ2v) is 3.19. The summed E-state index contributed by atoms with van der Waals surface area (Å²) in [5, 5.41) is 3.03. The van der Waals surface area contributed by atoms with Crippen LogP contribution in [0.15, 0.2) is 36.8 Å². The SMILES string of the molecule is Cc1cc(Nc2cccnc2)ncc1F. The molecule has 2 heterocycles. The summed E-state index contributed by atoms with van der Waals surface area (Å²) in [6.45, 7) is 1.70. The van der Waals surface area contributed by atoms with Crippen LogP contribution in [-0.4, -0.2) is 9.97 Å². The first-order valence-corrected chi connectivity index (χ1v) is 4.55. The minimum absolute atomic E-state index is 0.299. The summed E-state index contributed by atoms with van der Waals surface area (Å²) in [6.07, 6.45) is 4.57. The number of aromatic nitrogens is 2. The van der Waals surface area contributed by atoms with E-state index in [4.69, 9.17) is 0 Å². The van der Waals surface area contributed by atoms with E-state index in [1.54, 1.807) is 25.4 Å². The maximum Gasteiger partial charge on any atom is 0.144 e. The molecule has 0 aliphatic rings. The maximum atomic E-state index is 12.9. The Morgan fingerprint density at radius 3 is 2.87 bits per heavy atom. The molecular formula is C11H10FN3. The molecule has 3 nitrogen and oxygen atoms in total. The van der Waals surface area contributed by atoms with Crippen molar-refractivity contribution in [2.75, 3.05) is 5.32 Å². The van der Waals surface area contributed by atoms with Crippen LogP contribution in [0.1, 0.15) is 5.56 Å². The molecule has 0 unspecified atom stereocenters. The number of rotatable bonds is 2. The molecule has 2 aromatic heterocycles. The molecule has 0 radical (unpaired) electrons. The van der Waals surface area contributed by atoms with Crippen molar-refractivity contribution in [1.82, 2.24) is 9.97 Å². The highest BCUT2D eigenvalue weighted by molar-refractivity contribution is 5.54. The molecule has 2 rings (SSSR count). The molecule has 0 atom stereocenters. The minimum atomic E-state index is -0.299. The van der Waals surface area contributed by atoms with Crippen molar-refractivity contribution in [2.24, 2.45) is 0 Å². The number of pyridine rings is 2. The Hall–Kier alpha value is -1.97. The van der Waals surface area contributed by atoms with E-state index in [0.717, 1.165) is 5.69 Å². The van der Waals surface area contributed by atoms with Gasteiger partial charge < -0.3 is 5.32 Å². The van der Waals surface area contributed by atoms with Gasteiger partial charge in [0.15, 0.2) is 0 Å². The van der Waals surface area contributed by atoms with Gasteiger partial charge in [0.1, 0.15) is 11.6 Å². The molecule has 0 saturated carbocycles. The lowest BCUT2D eigenvalue weighted by atomic mass is 10.3. The summed E-state index contributed by atoms with van der Waals surface area (Å²) in [4.78, 5) is 7.88. The molecule has 0 bridgehead atoms. The van der Waals surface area contributed by atoms with Crippen LogP contribution in [0, 0.1) is 12.7 Å². The third kappa shape index (κ3) is 2.28. The minimum Gasteiger partial charge on any atom is -0.339 e. The number of aryl methyl sites for hydroxylation is 1. The van der Waals surface area contributed by atoms with Gasteiger partial charge in [0.05, 0.1) is 18.1 Å². The molecule has 0 fully saturated rings. The van der Waals surface area contributed by atoms with Crippen LogP contribution in [0.4, 0.5) is 15.9 Å². The Balaban J connectivity index is 2.22. The third-order valence-corrected chi connectivity index (χ3v) is 1.98. The van der Waals surface area contributed by atoms with Crippen LogP contribution in [0.2, 0.25) is 0 Å². The number of hydrogen-bond donors (Lipinski definition) is 1. The zero-order chi connectivity index (χ0) is 10.7. The predicted molar refractivity (Wildman–Crippen MR) is 56.5 cm³/mol. The van der Waals surface area contributed by atoms with E-state index in [1.165, 1.54) is 6.20 Å². The lowest BCUT2D eigenvalue weighted by Gasteiger charge is -2.05. The van der Waals surface area contributed by atoms with Gasteiger partial charge in [-0.15, -0.1) is 0 Å². The van der Waals surface area contributed by atoms with Crippen molar-refractivity contribution in [3.63, 3.8) is 0 Å². The van der Waals surface area contributed by atoms with Crippen LogP contribution in [-0.2, 0) is 0 Å². The molecule has 0 spiro atoms. The summed E-state index contributed by atoms with van der Waals surface area (Å²) in [6, 6.07) is 5.34. The van der Waals surface area contributed by atoms with Crippen LogP contribution < -0.4 is 5.32 Å². The first-order chi connectivity index (χ1) is 7.25. The smallest absolute Gasteiger partial charge is 0.144 e. The van der Waals surface area contributed by atoms with Gasteiger partial charge in [0, 0.05) is 6.20 Å². The monoisotopic (exact) mass is 203 g/mol. The number of nitrogens with zero attached hydrogens (tertiary/aromatic N) is 2. The molecule has 2 aromatic rings. The van der Waals surface area contributed by atoms with E-state index in [1.807, 2.05) is 12.1 Å². The van der Waals surface area contributed by atoms with Gasteiger partial charge in [-0.2, -0.15) is 0 Å². The van der Waals surface area contributed by atoms with Crippen molar-refractivity contribution in [1.29, 1.82) is 0 Å². The third-order valence-electron chi connectivity index (χ3n) is 1.98. The molecule has 0 aliphatic heterocycles. The van der Waals surface area contributed by atoms with Gasteiger partial charge in [0.25, 0.3) is 0 Å². The maximum absolute atomic E-state index is 12.9. The van der Waals surface area contributed by atoms with E-state index < -0.39 is 0 Å². The van der Waals surface area contributed by atoms with Gasteiger partial charge >= 0.3 is 0 Å². The average Bonchev–Trinajstić information content (AvgIpc) is 2.25. The Kier molecular flexibility index (Phi) is 2.58. The standard InChI is InChI=1S/C11H10FN3/c1-8-5-11(14-7-10(8)12)15-9-3-2-4-13-6-9/h2-7H,1H3,(H,14,15). The quantitative estimate of drug-likeness (QED) is 0.815. The highest BCUT2D eigenvalue weighted by Gasteiger charge is 2.00. The number of halogens is 1. The van der Waals surface area contributed by atoms with Gasteiger partial charge in [-0.1, -0.05) is 0 Å². The zero-order valence-corrected chi connectivity index (χ0v) is 8.24. The Morgan fingerprint density at radius 1 is 1.33 bits per heavy atom. The molecule has 0 aliphatic carbocycles. The second kappa shape index (κ2) is 4.04. The summed E-state index contributed by atoms with van der Waals surface area (Å²) >= 11 is 0. The second-order valence-electron chi connectivity index (χ2n) is 3.19. The van der Waals surface area contributed by atoms with Crippen molar-refractivity contribution in [3.8, 4) is 0 Å². The first-order valence-electron chi connectivity index (χ1n) is 4.55. The highest BCUT2D eigenvalue weighted by atomic mass is 19.1. The molecule has 4 heteroatoms. The molecule has 0 aromatic carbocycles. The fourth-order valence-electron chi connectivity index (χ4n) is 1.19. The fourth-order valence-corrected chi connectivity index (χ4v) is 1.19. The Labute approximate surface area is 87.0 Å². The van der Waals surface area contributed by atoms with Crippen molar-refractivity contribution >= 4 is 11.5 Å². The predicted octanol–water partition coefficient (Wildman–Crippen LogP) is 2.67. The summed E-state index contributed by atoms with van der Waals surface area (Å²) < 4.78 is 12.9. The summed E-state index contributed by atoms with van der Waals surface area (Å²) in [5.74, 6) is 0.314. The van der Waals surface area contributed by atoms with Crippen LogP contribution in [0.5, 0.6) is 0 Å². The van der Waals surface area contributed by atoms with Crippen molar-refractivity contribution in [3.05, 3.63) is 48.2 Å². The normalized spacial score (nSPS) is 10.0. The Morgan fingerprint density at radius 2 is 2.20 bits per heavy atom. The largest absolute Gasteiger partial charge is 0.339 e. The van der Waals surface area contributed by atoms with E-state index in [2.05, 4.69) is 15.3 Å². The van der Waals surface area contributed by atoms with Crippen LogP contribution in [0.25, 0.3) is 0 Å². The summed E-state index contributed by atoms with van der Waals surface area (Å²) in [5.41, 5.74) is 1.40. The molecular weight excluding hydrogens is 193 g/mol. The average molecular weight is 203 g/mol. The number of anilines is 2. The van der Waals surface area contributed by atoms with E-state index in [-0.39, 0.29) is 5.82 Å². The number of nitrogens with one attached hydrogen (secondary N) is 1. The van der Waals surface area contributed by atoms with Crippen LogP contribution >= 0.6 is 0 Å². The summed E-state index contributed by atoms with van der Waals surface area (Å²) in [7, 11) is 0. The van der Waals surface area contributed by atoms with Crippen molar-refractivity contribution in [2.45, 2.75) is 6.92 Å². The van der Waals surface area contributed by atoms with E-state index in [9.17, 15) is 4.39 Å². The molecule has 76 valence electrons. The topological polar surface area (TPSA) is 37.8 Å². The first kappa shape index (κ1) is 9.58.